The summed E-state index contributed by atoms with van der Waals surface area (Å²) in [5.74, 6) is 0. The molecule has 0 aliphatic heterocycles. The molecule has 0 saturated heterocycles. The normalized spacial score (nSPS) is 10.6. The molecule has 0 amide bonds. The van der Waals surface area contributed by atoms with E-state index >= 15 is 0 Å². The van der Waals surface area contributed by atoms with Gasteiger partial charge in [0.1, 0.15) is 0 Å². The Morgan fingerprint density at radius 1 is 0.708 bits per heavy atom. The van der Waals surface area contributed by atoms with E-state index in [1.54, 1.807) is 12.1 Å². The molecule has 3 nitrogen and oxygen atoms in total. The Kier molecular flexibility index (Phi) is 6.51. The minimum Gasteiger partial charge on any atom is -0.321 e. The first-order valence-electron chi connectivity index (χ1n) is 7.76. The van der Waals surface area contributed by atoms with Gasteiger partial charge < -0.3 is 9.79 Å². The van der Waals surface area contributed by atoms with Gasteiger partial charge in [-0.2, -0.15) is 0 Å². The van der Waals surface area contributed by atoms with Crippen LogP contribution in [0.4, 0.5) is 0 Å². The molecule has 0 aliphatic rings. The van der Waals surface area contributed by atoms with Gasteiger partial charge in [0.25, 0.3) is 0 Å². The van der Waals surface area contributed by atoms with Crippen molar-refractivity contribution in [1.82, 2.24) is 0 Å². The largest absolute Gasteiger partial charge is 0.356 e. The van der Waals surface area contributed by atoms with Crippen LogP contribution in [0, 0.1) is 0 Å². The van der Waals surface area contributed by atoms with E-state index < -0.39 is 7.60 Å². The van der Waals surface area contributed by atoms with Crippen molar-refractivity contribution in [2.45, 2.75) is 13.3 Å². The molecule has 0 heterocycles. The second-order valence-corrected chi connectivity index (χ2v) is 6.90. The molecule has 24 heavy (non-hydrogen) atoms. The minimum absolute atomic E-state index is 0.0831. The van der Waals surface area contributed by atoms with E-state index in [2.05, 4.69) is 48.5 Å². The molecular formula is C20H21O3P. The zero-order valence-corrected chi connectivity index (χ0v) is 14.4. The third kappa shape index (κ3) is 5.47. The van der Waals surface area contributed by atoms with E-state index in [9.17, 15) is 4.57 Å². The van der Waals surface area contributed by atoms with Crippen LogP contribution in [0.2, 0.25) is 0 Å². The summed E-state index contributed by atoms with van der Waals surface area (Å²) < 4.78 is 10.7. The molecule has 0 bridgehead atoms. The molecule has 0 atom stereocenters. The molecule has 0 spiro atoms. The number of rotatable bonds is 3. The maximum atomic E-state index is 10.7. The number of hydrogen-bond donors (Lipinski definition) is 2. The van der Waals surface area contributed by atoms with E-state index in [1.165, 1.54) is 23.3 Å². The Bertz CT molecular complexity index is 741. The molecule has 0 fully saturated rings. The van der Waals surface area contributed by atoms with Crippen molar-refractivity contribution in [1.29, 1.82) is 0 Å². The van der Waals surface area contributed by atoms with Crippen molar-refractivity contribution < 1.29 is 14.4 Å². The summed E-state index contributed by atoms with van der Waals surface area (Å²) in [4.78, 5) is 17.5. The lowest BCUT2D eigenvalue weighted by Gasteiger charge is -2.03. The zero-order chi connectivity index (χ0) is 17.4. The molecule has 3 rings (SSSR count). The smallest absolute Gasteiger partial charge is 0.321 e. The Morgan fingerprint density at radius 3 is 1.46 bits per heavy atom. The monoisotopic (exact) mass is 340 g/mol. The maximum absolute atomic E-state index is 10.7. The van der Waals surface area contributed by atoms with Gasteiger partial charge in [-0.05, 0) is 35.2 Å². The molecule has 4 heteroatoms. The SMILES string of the molecule is CCc1ccc(P(=O)(O)O)cc1.c1ccc(-c2ccccc2)cc1. The first-order valence-corrected chi connectivity index (χ1v) is 9.37. The average Bonchev–Trinajstić information content (AvgIpc) is 2.63. The van der Waals surface area contributed by atoms with Gasteiger partial charge in [0.05, 0.1) is 5.30 Å². The van der Waals surface area contributed by atoms with Gasteiger partial charge in [0, 0.05) is 0 Å². The Morgan fingerprint density at radius 2 is 1.12 bits per heavy atom. The summed E-state index contributed by atoms with van der Waals surface area (Å²) >= 11 is 0. The van der Waals surface area contributed by atoms with Gasteiger partial charge >= 0.3 is 7.60 Å². The first-order chi connectivity index (χ1) is 11.5. The highest BCUT2D eigenvalue weighted by Crippen LogP contribution is 2.32. The lowest BCUT2D eigenvalue weighted by molar-refractivity contribution is 0.387. The van der Waals surface area contributed by atoms with Crippen LogP contribution in [0.25, 0.3) is 11.1 Å². The third-order valence-electron chi connectivity index (χ3n) is 3.56. The number of benzene rings is 3. The second kappa shape index (κ2) is 8.60. The first kappa shape index (κ1) is 18.2. The van der Waals surface area contributed by atoms with E-state index in [1.807, 2.05) is 19.1 Å². The predicted molar refractivity (Wildman–Crippen MR) is 99.4 cm³/mol. The quantitative estimate of drug-likeness (QED) is 0.695. The molecule has 0 aliphatic carbocycles. The predicted octanol–water partition coefficient (Wildman–Crippen LogP) is 4.41. The summed E-state index contributed by atoms with van der Waals surface area (Å²) in [6.45, 7) is 1.99. The van der Waals surface area contributed by atoms with Crippen LogP contribution in [-0.4, -0.2) is 9.79 Å². The summed E-state index contributed by atoms with van der Waals surface area (Å²) in [7, 11) is -4.05. The van der Waals surface area contributed by atoms with Gasteiger partial charge in [0.2, 0.25) is 0 Å². The number of hydrogen-bond acceptors (Lipinski definition) is 1. The molecular weight excluding hydrogens is 319 g/mol. The highest BCUT2D eigenvalue weighted by atomic mass is 31.2. The number of aryl methyl sites for hydroxylation is 1. The summed E-state index contributed by atoms with van der Waals surface area (Å²) in [5, 5.41) is 0.0831. The van der Waals surface area contributed by atoms with Crippen molar-refractivity contribution in [3.63, 3.8) is 0 Å². The third-order valence-corrected chi connectivity index (χ3v) is 4.53. The Balaban J connectivity index is 0.000000174. The van der Waals surface area contributed by atoms with Crippen molar-refractivity contribution in [3.05, 3.63) is 90.5 Å². The standard InChI is InChI=1S/C12H10.C8H11O3P/c1-3-7-11(8-4-1)12-9-5-2-6-10-12;1-2-7-3-5-8(6-4-7)12(9,10)11/h1-10H;3-6H,2H2,1H3,(H2,9,10,11). The fourth-order valence-corrected chi connectivity index (χ4v) is 2.72. The Hall–Kier alpha value is -2.19. The summed E-state index contributed by atoms with van der Waals surface area (Å²) in [6, 6.07) is 27.2. The minimum atomic E-state index is -4.05. The van der Waals surface area contributed by atoms with Crippen LogP contribution in [0.3, 0.4) is 0 Å². The van der Waals surface area contributed by atoms with Crippen LogP contribution < -0.4 is 5.30 Å². The van der Waals surface area contributed by atoms with Gasteiger partial charge in [-0.1, -0.05) is 79.7 Å². The van der Waals surface area contributed by atoms with E-state index in [-0.39, 0.29) is 5.30 Å². The van der Waals surface area contributed by atoms with Gasteiger partial charge in [-0.3, -0.25) is 4.57 Å². The molecule has 3 aromatic carbocycles. The molecule has 0 unspecified atom stereocenters. The molecule has 2 N–H and O–H groups in total. The molecule has 124 valence electrons. The van der Waals surface area contributed by atoms with Crippen LogP contribution in [-0.2, 0) is 11.0 Å². The van der Waals surface area contributed by atoms with Crippen molar-refractivity contribution in [2.24, 2.45) is 0 Å². The van der Waals surface area contributed by atoms with E-state index in [4.69, 9.17) is 9.79 Å². The van der Waals surface area contributed by atoms with Crippen LogP contribution >= 0.6 is 7.60 Å². The fraction of sp³-hybridized carbons (Fsp3) is 0.100. The van der Waals surface area contributed by atoms with Crippen LogP contribution in [0.1, 0.15) is 12.5 Å². The highest BCUT2D eigenvalue weighted by Gasteiger charge is 2.15. The van der Waals surface area contributed by atoms with E-state index in [0.29, 0.717) is 0 Å². The molecule has 0 aromatic heterocycles. The topological polar surface area (TPSA) is 57.5 Å². The Labute approximate surface area is 142 Å². The maximum Gasteiger partial charge on any atom is 0.356 e. The zero-order valence-electron chi connectivity index (χ0n) is 13.5. The lowest BCUT2D eigenvalue weighted by atomic mass is 10.1. The fourth-order valence-electron chi connectivity index (χ4n) is 2.19. The van der Waals surface area contributed by atoms with E-state index in [0.717, 1.165) is 12.0 Å². The van der Waals surface area contributed by atoms with Gasteiger partial charge in [-0.25, -0.2) is 0 Å². The van der Waals surface area contributed by atoms with Crippen LogP contribution in [0.5, 0.6) is 0 Å². The summed E-state index contributed by atoms with van der Waals surface area (Å²) in [5.41, 5.74) is 3.63. The lowest BCUT2D eigenvalue weighted by Crippen LogP contribution is -2.02. The van der Waals surface area contributed by atoms with Gasteiger partial charge in [0.15, 0.2) is 0 Å². The molecule has 0 saturated carbocycles. The summed E-state index contributed by atoms with van der Waals surface area (Å²) in [6.07, 6.45) is 0.876. The van der Waals surface area contributed by atoms with Crippen molar-refractivity contribution >= 4 is 12.9 Å². The molecule has 0 radical (unpaired) electrons. The highest BCUT2D eigenvalue weighted by molar-refractivity contribution is 7.60. The van der Waals surface area contributed by atoms with Crippen LogP contribution in [0.15, 0.2) is 84.9 Å². The average molecular weight is 340 g/mol. The van der Waals surface area contributed by atoms with Gasteiger partial charge in [-0.15, -0.1) is 0 Å². The van der Waals surface area contributed by atoms with Crippen molar-refractivity contribution in [2.75, 3.05) is 0 Å². The van der Waals surface area contributed by atoms with Crippen molar-refractivity contribution in [3.8, 4) is 11.1 Å². The molecule has 3 aromatic rings. The second-order valence-electron chi connectivity index (χ2n) is 5.30.